The number of ether oxygens (including phenoxy) is 1. The van der Waals surface area contributed by atoms with E-state index in [0.717, 1.165) is 5.56 Å². The lowest BCUT2D eigenvalue weighted by molar-refractivity contribution is -0.118. The summed E-state index contributed by atoms with van der Waals surface area (Å²) >= 11 is 0. The second-order valence-corrected chi connectivity index (χ2v) is 3.93. The second-order valence-electron chi connectivity index (χ2n) is 3.93. The molecule has 0 aliphatic rings. The Bertz CT molecular complexity index is 532. The van der Waals surface area contributed by atoms with Crippen LogP contribution in [0.1, 0.15) is 5.56 Å². The van der Waals surface area contributed by atoms with E-state index in [4.69, 9.17) is 10.5 Å². The van der Waals surface area contributed by atoms with Gasteiger partial charge in [0.15, 0.2) is 6.61 Å². The van der Waals surface area contributed by atoms with Crippen LogP contribution in [0.25, 0.3) is 0 Å². The molecule has 0 unspecified atom stereocenters. The van der Waals surface area contributed by atoms with Crippen molar-refractivity contribution in [2.45, 2.75) is 6.54 Å². The summed E-state index contributed by atoms with van der Waals surface area (Å²) in [5.41, 5.74) is 7.17. The summed E-state index contributed by atoms with van der Waals surface area (Å²) in [5.74, 6) is 0.412. The van der Waals surface area contributed by atoms with Gasteiger partial charge in [-0.1, -0.05) is 12.1 Å². The molecular formula is C14H16ClN3O2. The summed E-state index contributed by atoms with van der Waals surface area (Å²) in [5, 5.41) is 2.69. The van der Waals surface area contributed by atoms with Gasteiger partial charge in [-0.2, -0.15) is 0 Å². The van der Waals surface area contributed by atoms with Gasteiger partial charge in [-0.25, -0.2) is 0 Å². The molecule has 0 saturated heterocycles. The van der Waals surface area contributed by atoms with Crippen molar-refractivity contribution in [1.29, 1.82) is 0 Å². The Hall–Kier alpha value is -2.11. The van der Waals surface area contributed by atoms with Gasteiger partial charge >= 0.3 is 0 Å². The molecule has 0 radical (unpaired) electrons. The zero-order valence-electron chi connectivity index (χ0n) is 10.8. The molecule has 20 heavy (non-hydrogen) atoms. The first-order valence-corrected chi connectivity index (χ1v) is 5.89. The van der Waals surface area contributed by atoms with Crippen molar-refractivity contribution >= 4 is 24.0 Å². The molecular weight excluding hydrogens is 278 g/mol. The van der Waals surface area contributed by atoms with Crippen molar-refractivity contribution in [2.24, 2.45) is 5.73 Å². The average molecular weight is 294 g/mol. The maximum absolute atomic E-state index is 11.6. The first-order chi connectivity index (χ1) is 9.28. The zero-order chi connectivity index (χ0) is 13.5. The molecule has 2 aromatic rings. The molecule has 0 spiro atoms. The van der Waals surface area contributed by atoms with Crippen molar-refractivity contribution in [3.63, 3.8) is 0 Å². The molecule has 5 nitrogen and oxygen atoms in total. The summed E-state index contributed by atoms with van der Waals surface area (Å²) in [4.78, 5) is 15.5. The van der Waals surface area contributed by atoms with Crippen LogP contribution in [0, 0.1) is 0 Å². The zero-order valence-corrected chi connectivity index (χ0v) is 11.6. The molecule has 0 atom stereocenters. The monoisotopic (exact) mass is 293 g/mol. The molecule has 1 amide bonds. The predicted octanol–water partition coefficient (Wildman–Crippen LogP) is 1.98. The number of nitrogens with two attached hydrogens (primary N) is 1. The van der Waals surface area contributed by atoms with Crippen LogP contribution in [-0.4, -0.2) is 17.5 Å². The molecule has 1 aromatic heterocycles. The van der Waals surface area contributed by atoms with Gasteiger partial charge in [0.25, 0.3) is 5.91 Å². The summed E-state index contributed by atoms with van der Waals surface area (Å²) in [6.45, 7) is 0.443. The smallest absolute Gasteiger partial charge is 0.262 e. The molecule has 0 aliphatic carbocycles. The Morgan fingerprint density at radius 1 is 1.25 bits per heavy atom. The average Bonchev–Trinajstić information content (AvgIpc) is 2.47. The number of rotatable bonds is 5. The number of benzene rings is 1. The Balaban J connectivity index is 0.00000200. The van der Waals surface area contributed by atoms with Gasteiger partial charge in [-0.05, 0) is 29.8 Å². The molecule has 106 valence electrons. The lowest BCUT2D eigenvalue weighted by Gasteiger charge is -2.07. The van der Waals surface area contributed by atoms with Gasteiger partial charge in [-0.15, -0.1) is 12.4 Å². The van der Waals surface area contributed by atoms with Crippen LogP contribution >= 0.6 is 12.4 Å². The standard InChI is InChI=1S/C14H15N3O2.ClH/c15-8-11-3-5-13(6-4-11)19-10-14(18)17-12-2-1-7-16-9-12;/h1-7,9H,8,10,15H2,(H,17,18);1H. The highest BCUT2D eigenvalue weighted by molar-refractivity contribution is 5.91. The second kappa shape index (κ2) is 8.14. The van der Waals surface area contributed by atoms with E-state index in [1.165, 1.54) is 0 Å². The summed E-state index contributed by atoms with van der Waals surface area (Å²) in [6, 6.07) is 10.8. The number of pyridine rings is 1. The number of amides is 1. The summed E-state index contributed by atoms with van der Waals surface area (Å²) in [7, 11) is 0. The highest BCUT2D eigenvalue weighted by atomic mass is 35.5. The number of nitrogens with one attached hydrogen (secondary N) is 1. The van der Waals surface area contributed by atoms with Crippen LogP contribution < -0.4 is 15.8 Å². The number of hydrogen-bond acceptors (Lipinski definition) is 4. The Labute approximate surface area is 123 Å². The van der Waals surface area contributed by atoms with E-state index < -0.39 is 0 Å². The van der Waals surface area contributed by atoms with E-state index >= 15 is 0 Å². The third-order valence-corrected chi connectivity index (χ3v) is 2.47. The van der Waals surface area contributed by atoms with Gasteiger partial charge in [0.05, 0.1) is 11.9 Å². The molecule has 0 fully saturated rings. The van der Waals surface area contributed by atoms with E-state index in [9.17, 15) is 4.79 Å². The maximum atomic E-state index is 11.6. The van der Waals surface area contributed by atoms with Crippen molar-refractivity contribution < 1.29 is 9.53 Å². The van der Waals surface area contributed by atoms with Gasteiger partial charge in [0, 0.05) is 12.7 Å². The number of halogens is 1. The molecule has 1 heterocycles. The Kier molecular flexibility index (Phi) is 6.49. The number of carbonyl (C=O) groups excluding carboxylic acids is 1. The first kappa shape index (κ1) is 15.9. The van der Waals surface area contributed by atoms with Crippen LogP contribution in [0.2, 0.25) is 0 Å². The Morgan fingerprint density at radius 2 is 2.00 bits per heavy atom. The number of carbonyl (C=O) groups is 1. The summed E-state index contributed by atoms with van der Waals surface area (Å²) < 4.78 is 5.37. The van der Waals surface area contributed by atoms with E-state index in [2.05, 4.69) is 10.3 Å². The van der Waals surface area contributed by atoms with Crippen LogP contribution in [0.15, 0.2) is 48.8 Å². The number of anilines is 1. The van der Waals surface area contributed by atoms with Crippen LogP contribution in [0.3, 0.4) is 0 Å². The topological polar surface area (TPSA) is 77.2 Å². The molecule has 0 bridgehead atoms. The van der Waals surface area contributed by atoms with Crippen molar-refractivity contribution in [3.05, 3.63) is 54.4 Å². The minimum Gasteiger partial charge on any atom is -0.484 e. The van der Waals surface area contributed by atoms with Crippen molar-refractivity contribution in [2.75, 3.05) is 11.9 Å². The number of nitrogens with zero attached hydrogens (tertiary/aromatic N) is 1. The minimum absolute atomic E-state index is 0. The number of hydrogen-bond donors (Lipinski definition) is 2. The third-order valence-electron chi connectivity index (χ3n) is 2.47. The first-order valence-electron chi connectivity index (χ1n) is 5.89. The van der Waals surface area contributed by atoms with Crippen LogP contribution in [0.5, 0.6) is 5.75 Å². The highest BCUT2D eigenvalue weighted by Crippen LogP contribution is 2.11. The van der Waals surface area contributed by atoms with E-state index in [0.29, 0.717) is 18.0 Å². The summed E-state index contributed by atoms with van der Waals surface area (Å²) in [6.07, 6.45) is 3.22. The lowest BCUT2D eigenvalue weighted by atomic mass is 10.2. The molecule has 3 N–H and O–H groups in total. The molecule has 0 aliphatic heterocycles. The van der Waals surface area contributed by atoms with Gasteiger partial charge in [-0.3, -0.25) is 9.78 Å². The maximum Gasteiger partial charge on any atom is 0.262 e. The van der Waals surface area contributed by atoms with E-state index in [1.54, 1.807) is 36.7 Å². The van der Waals surface area contributed by atoms with Crippen LogP contribution in [0.4, 0.5) is 5.69 Å². The molecule has 2 rings (SSSR count). The minimum atomic E-state index is -0.226. The van der Waals surface area contributed by atoms with Crippen molar-refractivity contribution in [3.8, 4) is 5.75 Å². The molecule has 0 saturated carbocycles. The molecule has 6 heteroatoms. The van der Waals surface area contributed by atoms with Gasteiger partial charge in [0.2, 0.25) is 0 Å². The third kappa shape index (κ3) is 4.87. The molecule has 1 aromatic carbocycles. The quantitative estimate of drug-likeness (QED) is 0.884. The van der Waals surface area contributed by atoms with Gasteiger partial charge < -0.3 is 15.8 Å². The Morgan fingerprint density at radius 3 is 2.60 bits per heavy atom. The van der Waals surface area contributed by atoms with Gasteiger partial charge in [0.1, 0.15) is 5.75 Å². The van der Waals surface area contributed by atoms with Crippen LogP contribution in [-0.2, 0) is 11.3 Å². The van der Waals surface area contributed by atoms with Crippen molar-refractivity contribution in [1.82, 2.24) is 4.98 Å². The lowest BCUT2D eigenvalue weighted by Crippen LogP contribution is -2.20. The largest absolute Gasteiger partial charge is 0.484 e. The fraction of sp³-hybridized carbons (Fsp3) is 0.143. The van der Waals surface area contributed by atoms with E-state index in [1.807, 2.05) is 12.1 Å². The number of aromatic nitrogens is 1. The SMILES string of the molecule is Cl.NCc1ccc(OCC(=O)Nc2cccnc2)cc1. The fourth-order valence-corrected chi connectivity index (χ4v) is 1.50. The fourth-order valence-electron chi connectivity index (χ4n) is 1.50. The van der Waals surface area contributed by atoms with E-state index in [-0.39, 0.29) is 24.9 Å². The normalized spacial score (nSPS) is 9.45. The highest BCUT2D eigenvalue weighted by Gasteiger charge is 2.03. The predicted molar refractivity (Wildman–Crippen MR) is 79.9 cm³/mol.